The van der Waals surface area contributed by atoms with Gasteiger partial charge in [-0.2, -0.15) is 0 Å². The highest BCUT2D eigenvalue weighted by Crippen LogP contribution is 2.24. The van der Waals surface area contributed by atoms with Crippen LogP contribution < -0.4 is 5.14 Å². The summed E-state index contributed by atoms with van der Waals surface area (Å²) in [5.41, 5.74) is 1.21. The Labute approximate surface area is 140 Å². The van der Waals surface area contributed by atoms with Crippen LogP contribution in [0.3, 0.4) is 0 Å². The second-order valence-electron chi connectivity index (χ2n) is 6.12. The minimum Gasteiger partial charge on any atom is -0.445 e. The summed E-state index contributed by atoms with van der Waals surface area (Å²) < 4.78 is 28.3. The first-order valence-electron chi connectivity index (χ1n) is 7.66. The largest absolute Gasteiger partial charge is 0.445 e. The minimum absolute atomic E-state index is 0.0157. The van der Waals surface area contributed by atoms with Crippen LogP contribution in [0.1, 0.15) is 47.5 Å². The molecule has 1 amide bonds. The lowest BCUT2D eigenvalue weighted by Crippen LogP contribution is -2.35. The van der Waals surface area contributed by atoms with Crippen LogP contribution in [0.4, 0.5) is 0 Å². The number of carbonyl (C=O) groups is 1. The van der Waals surface area contributed by atoms with Gasteiger partial charge in [0, 0.05) is 24.4 Å². The van der Waals surface area contributed by atoms with Gasteiger partial charge >= 0.3 is 0 Å². The average molecular weight is 349 g/mol. The number of fused-ring (bicyclic) bond motifs is 1. The fraction of sp³-hybridized carbons (Fsp3) is 0.375. The van der Waals surface area contributed by atoms with Crippen molar-refractivity contribution in [3.05, 3.63) is 47.2 Å². The maximum Gasteiger partial charge on any atom is 0.254 e. The molecule has 1 aromatic heterocycles. The van der Waals surface area contributed by atoms with Crippen LogP contribution in [-0.2, 0) is 23.0 Å². The highest BCUT2D eigenvalue weighted by atomic mass is 32.2. The second kappa shape index (κ2) is 6.03. The fourth-order valence-corrected chi connectivity index (χ4v) is 3.12. The predicted octanol–water partition coefficient (Wildman–Crippen LogP) is 1.64. The molecule has 128 valence electrons. The molecule has 0 fully saturated rings. The summed E-state index contributed by atoms with van der Waals surface area (Å²) in [5, 5.41) is 5.06. The normalized spacial score (nSPS) is 14.8. The maximum atomic E-state index is 12.6. The lowest BCUT2D eigenvalue weighted by Gasteiger charge is -2.25. The van der Waals surface area contributed by atoms with E-state index < -0.39 is 10.0 Å². The van der Waals surface area contributed by atoms with Crippen molar-refractivity contribution in [2.45, 2.75) is 37.6 Å². The van der Waals surface area contributed by atoms with Crippen molar-refractivity contribution in [1.29, 1.82) is 0 Å². The molecule has 0 saturated carbocycles. The van der Waals surface area contributed by atoms with Gasteiger partial charge in [0.15, 0.2) is 5.89 Å². The number of hydrogen-bond acceptors (Lipinski definition) is 5. The molecule has 24 heavy (non-hydrogen) atoms. The first-order valence-corrected chi connectivity index (χ1v) is 9.21. The third-order valence-electron chi connectivity index (χ3n) is 3.96. The summed E-state index contributed by atoms with van der Waals surface area (Å²) in [6.45, 7) is 4.94. The van der Waals surface area contributed by atoms with E-state index in [1.165, 1.54) is 24.3 Å². The van der Waals surface area contributed by atoms with Gasteiger partial charge in [-0.1, -0.05) is 13.8 Å². The van der Waals surface area contributed by atoms with Crippen molar-refractivity contribution in [2.24, 2.45) is 5.14 Å². The Balaban J connectivity index is 1.78. The zero-order chi connectivity index (χ0) is 17.5. The van der Waals surface area contributed by atoms with Crippen molar-refractivity contribution in [1.82, 2.24) is 9.88 Å². The Kier molecular flexibility index (Phi) is 4.18. The number of nitrogens with zero attached hydrogens (tertiary/aromatic N) is 2. The monoisotopic (exact) mass is 349 g/mol. The highest BCUT2D eigenvalue weighted by molar-refractivity contribution is 7.89. The molecule has 0 unspecified atom stereocenters. The summed E-state index contributed by atoms with van der Waals surface area (Å²) in [4.78, 5) is 18.7. The third kappa shape index (κ3) is 3.20. The molecule has 0 aliphatic carbocycles. The Morgan fingerprint density at radius 2 is 1.96 bits per heavy atom. The molecule has 0 saturated heterocycles. The van der Waals surface area contributed by atoms with E-state index in [0.29, 0.717) is 31.0 Å². The number of benzene rings is 1. The zero-order valence-corrected chi connectivity index (χ0v) is 14.3. The Morgan fingerprint density at radius 1 is 1.29 bits per heavy atom. The van der Waals surface area contributed by atoms with Crippen LogP contribution in [-0.4, -0.2) is 30.8 Å². The van der Waals surface area contributed by atoms with Crippen molar-refractivity contribution in [3.8, 4) is 0 Å². The number of carbonyl (C=O) groups excluding carboxylic acids is 1. The number of oxazole rings is 1. The Morgan fingerprint density at radius 3 is 2.54 bits per heavy atom. The SMILES string of the molecule is CC(C)c1nc2c(o1)CCN(C(=O)c1ccc(S(N)(=O)=O)cc1)C2. The van der Waals surface area contributed by atoms with Gasteiger partial charge < -0.3 is 9.32 Å². The number of hydrogen-bond donors (Lipinski definition) is 1. The number of amides is 1. The number of primary sulfonamides is 1. The van der Waals surface area contributed by atoms with Gasteiger partial charge in [0.1, 0.15) is 11.5 Å². The molecule has 1 aromatic carbocycles. The van der Waals surface area contributed by atoms with E-state index in [0.717, 1.165) is 11.5 Å². The molecule has 1 aliphatic rings. The molecule has 0 radical (unpaired) electrons. The molecule has 2 N–H and O–H groups in total. The van der Waals surface area contributed by atoms with Crippen LogP contribution in [0.25, 0.3) is 0 Å². The van der Waals surface area contributed by atoms with Crippen molar-refractivity contribution >= 4 is 15.9 Å². The van der Waals surface area contributed by atoms with Gasteiger partial charge in [0.05, 0.1) is 11.4 Å². The van der Waals surface area contributed by atoms with E-state index in [1.54, 1.807) is 4.90 Å². The topological polar surface area (TPSA) is 106 Å². The standard InChI is InChI=1S/C16H19N3O4S/c1-10(2)15-18-13-9-19(8-7-14(13)23-15)16(20)11-3-5-12(6-4-11)24(17,21)22/h3-6,10H,7-9H2,1-2H3,(H2,17,21,22). The number of nitrogens with two attached hydrogens (primary N) is 1. The first-order chi connectivity index (χ1) is 11.3. The lowest BCUT2D eigenvalue weighted by molar-refractivity contribution is 0.0727. The van der Waals surface area contributed by atoms with E-state index in [2.05, 4.69) is 4.98 Å². The second-order valence-corrected chi connectivity index (χ2v) is 7.68. The highest BCUT2D eigenvalue weighted by Gasteiger charge is 2.26. The minimum atomic E-state index is -3.76. The van der Waals surface area contributed by atoms with Crippen LogP contribution in [0, 0.1) is 0 Å². The van der Waals surface area contributed by atoms with E-state index in [-0.39, 0.29) is 16.7 Å². The number of rotatable bonds is 3. The molecule has 2 heterocycles. The molecule has 0 bridgehead atoms. The lowest BCUT2D eigenvalue weighted by atomic mass is 10.1. The van der Waals surface area contributed by atoms with Gasteiger partial charge in [0.2, 0.25) is 10.0 Å². The molecular formula is C16H19N3O4S. The van der Waals surface area contributed by atoms with Gasteiger partial charge in [-0.3, -0.25) is 4.79 Å². The summed E-state index contributed by atoms with van der Waals surface area (Å²) in [6, 6.07) is 5.62. The molecule has 2 aromatic rings. The summed E-state index contributed by atoms with van der Waals surface area (Å²) >= 11 is 0. The molecule has 7 nitrogen and oxygen atoms in total. The summed E-state index contributed by atoms with van der Waals surface area (Å²) in [5.74, 6) is 1.56. The van der Waals surface area contributed by atoms with Crippen molar-refractivity contribution in [2.75, 3.05) is 6.54 Å². The van der Waals surface area contributed by atoms with Crippen molar-refractivity contribution < 1.29 is 17.6 Å². The van der Waals surface area contributed by atoms with E-state index in [1.807, 2.05) is 13.8 Å². The molecule has 0 atom stereocenters. The molecular weight excluding hydrogens is 330 g/mol. The van der Waals surface area contributed by atoms with Gasteiger partial charge in [0.25, 0.3) is 5.91 Å². The van der Waals surface area contributed by atoms with Crippen LogP contribution >= 0.6 is 0 Å². The zero-order valence-electron chi connectivity index (χ0n) is 13.5. The Hall–Kier alpha value is -2.19. The molecule has 0 spiro atoms. The molecule has 1 aliphatic heterocycles. The van der Waals surface area contributed by atoms with Gasteiger partial charge in [-0.25, -0.2) is 18.5 Å². The predicted molar refractivity (Wildman–Crippen MR) is 86.9 cm³/mol. The van der Waals surface area contributed by atoms with E-state index in [9.17, 15) is 13.2 Å². The maximum absolute atomic E-state index is 12.6. The van der Waals surface area contributed by atoms with Gasteiger partial charge in [-0.15, -0.1) is 0 Å². The fourth-order valence-electron chi connectivity index (χ4n) is 2.61. The molecule has 8 heteroatoms. The summed E-state index contributed by atoms with van der Waals surface area (Å²) in [7, 11) is -3.76. The third-order valence-corrected chi connectivity index (χ3v) is 4.88. The van der Waals surface area contributed by atoms with Crippen LogP contribution in [0.2, 0.25) is 0 Å². The van der Waals surface area contributed by atoms with Crippen LogP contribution in [0.15, 0.2) is 33.6 Å². The Bertz CT molecular complexity index is 869. The number of aromatic nitrogens is 1. The quantitative estimate of drug-likeness (QED) is 0.906. The molecule has 3 rings (SSSR count). The smallest absolute Gasteiger partial charge is 0.254 e. The van der Waals surface area contributed by atoms with E-state index in [4.69, 9.17) is 9.56 Å². The number of sulfonamides is 1. The first kappa shape index (κ1) is 16.7. The van der Waals surface area contributed by atoms with Gasteiger partial charge in [-0.05, 0) is 24.3 Å². The van der Waals surface area contributed by atoms with Crippen LogP contribution in [0.5, 0.6) is 0 Å². The average Bonchev–Trinajstić information content (AvgIpc) is 2.97. The summed E-state index contributed by atoms with van der Waals surface area (Å²) in [6.07, 6.45) is 0.621. The van der Waals surface area contributed by atoms with E-state index >= 15 is 0 Å². The van der Waals surface area contributed by atoms with Crippen molar-refractivity contribution in [3.63, 3.8) is 0 Å².